The van der Waals surface area contributed by atoms with E-state index in [9.17, 15) is 22.8 Å². The summed E-state index contributed by atoms with van der Waals surface area (Å²) in [5.74, 6) is -0.678. The highest BCUT2D eigenvalue weighted by Crippen LogP contribution is 2.31. The molecule has 1 aliphatic rings. The average Bonchev–Trinajstić information content (AvgIpc) is 2.95. The summed E-state index contributed by atoms with van der Waals surface area (Å²) in [5, 5.41) is 4.51. The average molecular weight is 458 g/mol. The summed E-state index contributed by atoms with van der Waals surface area (Å²) in [6.45, 7) is 3.84. The number of urea groups is 1. The van der Waals surface area contributed by atoms with E-state index in [1.165, 1.54) is 18.2 Å². The highest BCUT2D eigenvalue weighted by atomic mass is 32.2. The topological polar surface area (TPSA) is 149 Å². The minimum Gasteiger partial charge on any atom is -0.490 e. The van der Waals surface area contributed by atoms with Crippen LogP contribution in [0.15, 0.2) is 23.1 Å². The Bertz CT molecular complexity index is 901. The molecule has 3 N–H and O–H groups in total. The van der Waals surface area contributed by atoms with Gasteiger partial charge in [-0.2, -0.15) is 4.72 Å². The molecule has 1 heterocycles. The zero-order chi connectivity index (χ0) is 22.9. The van der Waals surface area contributed by atoms with Crippen LogP contribution < -0.4 is 24.8 Å². The van der Waals surface area contributed by atoms with Gasteiger partial charge in [0.2, 0.25) is 10.0 Å². The third-order valence-corrected chi connectivity index (χ3v) is 5.46. The fraction of sp³-hybridized carbons (Fsp3) is 0.526. The van der Waals surface area contributed by atoms with Crippen LogP contribution in [0.2, 0.25) is 0 Å². The lowest BCUT2D eigenvalue weighted by molar-refractivity contribution is -0.147. The summed E-state index contributed by atoms with van der Waals surface area (Å²) in [4.78, 5) is 34.8. The second-order valence-corrected chi connectivity index (χ2v) is 8.90. The van der Waals surface area contributed by atoms with Crippen LogP contribution in [-0.4, -0.2) is 59.2 Å². The molecule has 0 bridgehead atoms. The van der Waals surface area contributed by atoms with E-state index in [4.69, 9.17) is 9.47 Å². The molecule has 0 aromatic heterocycles. The van der Waals surface area contributed by atoms with E-state index in [-0.39, 0.29) is 4.90 Å². The molecule has 0 radical (unpaired) electrons. The Hall–Kier alpha value is -2.86. The monoisotopic (exact) mass is 457 g/mol. The minimum absolute atomic E-state index is 0.111. The van der Waals surface area contributed by atoms with Crippen molar-refractivity contribution in [3.63, 3.8) is 0 Å². The molecular formula is C19H27N3O8S. The van der Waals surface area contributed by atoms with Gasteiger partial charge in [0.05, 0.1) is 18.1 Å². The zero-order valence-electron chi connectivity index (χ0n) is 17.4. The van der Waals surface area contributed by atoms with Gasteiger partial charge < -0.3 is 19.5 Å². The van der Waals surface area contributed by atoms with Gasteiger partial charge >= 0.3 is 12.0 Å². The number of fused-ring (bicyclic) bond motifs is 1. The molecule has 31 heavy (non-hydrogen) atoms. The molecule has 0 atom stereocenters. The maximum absolute atomic E-state index is 12.4. The van der Waals surface area contributed by atoms with E-state index in [2.05, 4.69) is 14.8 Å². The number of nitrogens with one attached hydrogen (secondary N) is 3. The van der Waals surface area contributed by atoms with Crippen molar-refractivity contribution in [3.05, 3.63) is 18.2 Å². The number of hydrogen-bond donors (Lipinski definition) is 3. The first-order valence-corrected chi connectivity index (χ1v) is 11.3. The lowest BCUT2D eigenvalue weighted by Gasteiger charge is -2.11. The molecule has 2 rings (SSSR count). The van der Waals surface area contributed by atoms with Crippen LogP contribution in [-0.2, 0) is 24.3 Å². The van der Waals surface area contributed by atoms with Crippen molar-refractivity contribution in [1.82, 2.24) is 15.4 Å². The van der Waals surface area contributed by atoms with Crippen LogP contribution in [0.5, 0.6) is 11.5 Å². The molecular weight excluding hydrogens is 430 g/mol. The zero-order valence-corrected chi connectivity index (χ0v) is 18.2. The normalized spacial score (nSPS) is 13.3. The van der Waals surface area contributed by atoms with E-state index in [0.29, 0.717) is 43.6 Å². The number of esters is 1. The molecule has 0 fully saturated rings. The van der Waals surface area contributed by atoms with Gasteiger partial charge in [-0.05, 0) is 24.5 Å². The summed E-state index contributed by atoms with van der Waals surface area (Å²) < 4.78 is 42.5. The van der Waals surface area contributed by atoms with Crippen LogP contribution >= 0.6 is 0 Å². The smallest absolute Gasteiger partial charge is 0.321 e. The van der Waals surface area contributed by atoms with Crippen molar-refractivity contribution in [3.8, 4) is 11.5 Å². The predicted molar refractivity (Wildman–Crippen MR) is 109 cm³/mol. The first-order valence-electron chi connectivity index (χ1n) is 9.80. The molecule has 12 heteroatoms. The van der Waals surface area contributed by atoms with Crippen LogP contribution in [0.25, 0.3) is 0 Å². The van der Waals surface area contributed by atoms with Gasteiger partial charge in [-0.15, -0.1) is 0 Å². The van der Waals surface area contributed by atoms with Crippen molar-refractivity contribution in [2.75, 3.05) is 32.9 Å². The number of carbonyl (C=O) groups excluding carboxylic acids is 3. The number of ether oxygens (including phenoxy) is 3. The molecule has 11 nitrogen and oxygen atoms in total. The maximum atomic E-state index is 12.4. The van der Waals surface area contributed by atoms with Crippen molar-refractivity contribution in [1.29, 1.82) is 0 Å². The summed E-state index contributed by atoms with van der Waals surface area (Å²) in [5.41, 5.74) is 0. The number of rotatable bonds is 9. The van der Waals surface area contributed by atoms with Gasteiger partial charge in [0.15, 0.2) is 18.1 Å². The second-order valence-electron chi connectivity index (χ2n) is 7.13. The molecule has 0 saturated heterocycles. The van der Waals surface area contributed by atoms with Gasteiger partial charge in [-0.25, -0.2) is 13.2 Å². The van der Waals surface area contributed by atoms with E-state index in [1.54, 1.807) is 0 Å². The molecule has 172 valence electrons. The fourth-order valence-electron chi connectivity index (χ4n) is 2.43. The Balaban J connectivity index is 1.77. The summed E-state index contributed by atoms with van der Waals surface area (Å²) in [7, 11) is -4.03. The first kappa shape index (κ1) is 24.4. The molecule has 0 spiro atoms. The van der Waals surface area contributed by atoms with Crippen LogP contribution in [0.4, 0.5) is 4.79 Å². The standard InChI is InChI=1S/C19H27N3O8S/c1-13(2)6-7-20-19(25)22-17(23)12-30-18(24)11-21-31(26,27)14-4-5-15-16(10-14)29-9-3-8-28-15/h4-5,10,13,21H,3,6-9,11-12H2,1-2H3,(H2,20,22,23,25). The molecule has 1 aliphatic heterocycles. The third-order valence-electron chi connectivity index (χ3n) is 4.06. The van der Waals surface area contributed by atoms with Crippen molar-refractivity contribution >= 4 is 27.9 Å². The molecule has 1 aromatic rings. The first-order chi connectivity index (χ1) is 14.7. The summed E-state index contributed by atoms with van der Waals surface area (Å²) in [6.07, 6.45) is 1.42. The van der Waals surface area contributed by atoms with Gasteiger partial charge in [0, 0.05) is 19.0 Å². The van der Waals surface area contributed by atoms with Gasteiger partial charge in [-0.1, -0.05) is 13.8 Å². The van der Waals surface area contributed by atoms with Gasteiger partial charge in [0.1, 0.15) is 6.54 Å². The second kappa shape index (κ2) is 11.5. The van der Waals surface area contributed by atoms with Gasteiger partial charge in [-0.3, -0.25) is 14.9 Å². The number of sulfonamides is 1. The Labute approximate surface area is 180 Å². The molecule has 1 aromatic carbocycles. The predicted octanol–water partition coefficient (Wildman–Crippen LogP) is 0.541. The fourth-order valence-corrected chi connectivity index (χ4v) is 3.41. The number of carbonyl (C=O) groups is 3. The van der Waals surface area contributed by atoms with Gasteiger partial charge in [0.25, 0.3) is 5.91 Å². The lowest BCUT2D eigenvalue weighted by Crippen LogP contribution is -2.42. The summed E-state index contributed by atoms with van der Waals surface area (Å²) in [6, 6.07) is 3.41. The quantitative estimate of drug-likeness (QED) is 0.455. The Morgan fingerprint density at radius 1 is 1.13 bits per heavy atom. The molecule has 0 aliphatic carbocycles. The van der Waals surface area contributed by atoms with E-state index >= 15 is 0 Å². The molecule has 3 amide bonds. The Morgan fingerprint density at radius 3 is 2.55 bits per heavy atom. The Kier molecular flexibility index (Phi) is 9.06. The largest absolute Gasteiger partial charge is 0.490 e. The highest BCUT2D eigenvalue weighted by Gasteiger charge is 2.20. The van der Waals surface area contributed by atoms with Crippen LogP contribution in [0, 0.1) is 5.92 Å². The van der Waals surface area contributed by atoms with E-state index in [0.717, 1.165) is 6.42 Å². The van der Waals surface area contributed by atoms with Crippen LogP contribution in [0.1, 0.15) is 26.7 Å². The maximum Gasteiger partial charge on any atom is 0.321 e. The van der Waals surface area contributed by atoms with Crippen LogP contribution in [0.3, 0.4) is 0 Å². The summed E-state index contributed by atoms with van der Waals surface area (Å²) >= 11 is 0. The van der Waals surface area contributed by atoms with E-state index in [1.807, 2.05) is 19.2 Å². The minimum atomic E-state index is -4.03. The Morgan fingerprint density at radius 2 is 1.84 bits per heavy atom. The van der Waals surface area contributed by atoms with E-state index < -0.39 is 41.1 Å². The molecule has 0 unspecified atom stereocenters. The van der Waals surface area contributed by atoms with Crippen molar-refractivity contribution in [2.24, 2.45) is 5.92 Å². The van der Waals surface area contributed by atoms with Crippen molar-refractivity contribution < 1.29 is 37.0 Å². The number of amides is 3. The number of benzene rings is 1. The molecule has 0 saturated carbocycles. The highest BCUT2D eigenvalue weighted by molar-refractivity contribution is 7.89. The lowest BCUT2D eigenvalue weighted by atomic mass is 10.1. The third kappa shape index (κ3) is 8.42. The number of imide groups is 1. The SMILES string of the molecule is CC(C)CCNC(=O)NC(=O)COC(=O)CNS(=O)(=O)c1ccc2c(c1)OCCCO2. The number of hydrogen-bond acceptors (Lipinski definition) is 8. The van der Waals surface area contributed by atoms with Crippen molar-refractivity contribution in [2.45, 2.75) is 31.6 Å².